The SMILES string of the molecule is C[Si](C)=[Hf]([CH]1C(C2CC2)=Cc2c1cccc2-n1c2ccccc2c2ccccc21)[CH]1C(C2CC2)=Cc2c1cccc2-n1c2ccccc2c2ccccc21.Cl.Cl. The summed E-state index contributed by atoms with van der Waals surface area (Å²) in [6.45, 7) is 5.43. The van der Waals surface area contributed by atoms with Crippen LogP contribution in [0.5, 0.6) is 0 Å². The number of allylic oxidation sites excluding steroid dienone is 2. The average Bonchev–Trinajstić information content (AvgIpc) is 4.11. The Hall–Kier alpha value is -3.93. The molecule has 0 radical (unpaired) electrons. The number of para-hydroxylation sites is 4. The molecule has 0 saturated heterocycles. The number of rotatable bonds is 6. The molecule has 2 atom stereocenters. The maximum atomic E-state index is 2.73. The van der Waals surface area contributed by atoms with Crippen LogP contribution in [0, 0.1) is 11.8 Å². The molecule has 2 aromatic heterocycles. The summed E-state index contributed by atoms with van der Waals surface area (Å²) in [6, 6.07) is 50.9. The summed E-state index contributed by atoms with van der Waals surface area (Å²) in [6.07, 6.45) is 10.9. The monoisotopic (exact) mass is 950 g/mol. The van der Waals surface area contributed by atoms with Crippen LogP contribution in [0.1, 0.15) is 55.3 Å². The fraction of sp³-hybridized carbons (Fsp3) is 0.200. The van der Waals surface area contributed by atoms with Gasteiger partial charge < -0.3 is 0 Å². The van der Waals surface area contributed by atoms with Gasteiger partial charge in [0.1, 0.15) is 0 Å². The molecule has 2 saturated carbocycles. The molecule has 2 heterocycles. The Bertz CT molecular complexity index is 2700. The molecular weight excluding hydrogens is 906 g/mol. The Labute approximate surface area is 348 Å². The molecule has 4 aliphatic carbocycles. The van der Waals surface area contributed by atoms with E-state index in [4.69, 9.17) is 0 Å². The van der Waals surface area contributed by atoms with Gasteiger partial charge in [0, 0.05) is 0 Å². The summed E-state index contributed by atoms with van der Waals surface area (Å²) in [5.41, 5.74) is 17.4. The number of aromatic nitrogens is 2. The van der Waals surface area contributed by atoms with Crippen molar-refractivity contribution in [1.29, 1.82) is 0 Å². The van der Waals surface area contributed by atoms with E-state index in [2.05, 4.69) is 168 Å². The summed E-state index contributed by atoms with van der Waals surface area (Å²) in [7, 11) is 0. The minimum absolute atomic E-state index is 0. The van der Waals surface area contributed by atoms with Crippen molar-refractivity contribution >= 4 is 86.1 Å². The van der Waals surface area contributed by atoms with E-state index < -0.39 is 25.6 Å². The molecule has 56 heavy (non-hydrogen) atoms. The molecule has 2 fully saturated rings. The van der Waals surface area contributed by atoms with Crippen molar-refractivity contribution in [2.75, 3.05) is 0 Å². The van der Waals surface area contributed by atoms with Crippen LogP contribution >= 0.6 is 24.8 Å². The number of halogens is 2. The normalized spacial score (nSPS) is 18.4. The number of benzene rings is 6. The van der Waals surface area contributed by atoms with E-state index in [1.807, 2.05) is 11.1 Å². The second-order valence-electron chi connectivity index (χ2n) is 16.5. The van der Waals surface area contributed by atoms with Crippen molar-refractivity contribution in [3.8, 4) is 11.4 Å². The molecule has 6 aromatic carbocycles. The van der Waals surface area contributed by atoms with Gasteiger partial charge in [-0.15, -0.1) is 24.8 Å². The fourth-order valence-corrected chi connectivity index (χ4v) is 39.7. The van der Waals surface area contributed by atoms with Gasteiger partial charge >= 0.3 is 327 Å². The average molecular weight is 950 g/mol. The standard InChI is InChI=1S/2C24H18N.C2H6Si.2ClH.Hf/c2*1-3-9-22-19(7-1)20-8-2-4-10-23(20)25(22)24-11-5-6-17-14-18(15-21(17)24)16-12-13-16;1-3-2;;;/h2*1-11,14-16H,12-13H2;1-2H3;2*1H;. The predicted molar refractivity (Wildman–Crippen MR) is 240 cm³/mol. The molecule has 0 aliphatic heterocycles. The molecule has 8 aromatic rings. The maximum Gasteiger partial charge on any atom is -0.147 e. The molecular formula is C50H44Cl2HfN2Si. The first-order valence-electron chi connectivity index (χ1n) is 20.0. The zero-order valence-corrected chi connectivity index (χ0v) is 37.9. The Morgan fingerprint density at radius 3 is 1.11 bits per heavy atom. The summed E-state index contributed by atoms with van der Waals surface area (Å²) in [4.78, 5) is 0. The third-order valence-electron chi connectivity index (χ3n) is 13.1. The molecule has 276 valence electrons. The maximum absolute atomic E-state index is 2.73. The van der Waals surface area contributed by atoms with Crippen LogP contribution in [0.15, 0.2) is 145 Å². The van der Waals surface area contributed by atoms with Gasteiger partial charge in [0.25, 0.3) is 0 Å². The number of nitrogens with zero attached hydrogens (tertiary/aromatic N) is 2. The molecule has 2 unspecified atom stereocenters. The van der Waals surface area contributed by atoms with Crippen LogP contribution in [0.25, 0.3) is 67.1 Å². The largest absolute Gasteiger partial charge is 0.147 e. The van der Waals surface area contributed by atoms with Gasteiger partial charge in [-0.05, 0) is 0 Å². The minimum atomic E-state index is -2.58. The van der Waals surface area contributed by atoms with Gasteiger partial charge in [-0.25, -0.2) is 0 Å². The first kappa shape index (κ1) is 36.4. The van der Waals surface area contributed by atoms with Crippen molar-refractivity contribution in [3.05, 3.63) is 167 Å². The van der Waals surface area contributed by atoms with Gasteiger partial charge in [-0.1, -0.05) is 0 Å². The van der Waals surface area contributed by atoms with E-state index in [-0.39, 0.29) is 24.8 Å². The van der Waals surface area contributed by atoms with E-state index in [0.717, 1.165) is 11.8 Å². The van der Waals surface area contributed by atoms with Crippen molar-refractivity contribution in [2.24, 2.45) is 11.8 Å². The van der Waals surface area contributed by atoms with Crippen LogP contribution < -0.4 is 0 Å². The first-order chi connectivity index (χ1) is 26.7. The predicted octanol–water partition coefficient (Wildman–Crippen LogP) is 14.0. The Balaban J connectivity index is 0.00000192. The van der Waals surface area contributed by atoms with Crippen molar-refractivity contribution in [2.45, 2.75) is 46.1 Å². The van der Waals surface area contributed by atoms with Gasteiger partial charge in [-0.3, -0.25) is 0 Å². The van der Waals surface area contributed by atoms with Gasteiger partial charge in [0.15, 0.2) is 0 Å². The van der Waals surface area contributed by atoms with E-state index in [0.29, 0.717) is 7.35 Å². The van der Waals surface area contributed by atoms with E-state index >= 15 is 0 Å². The van der Waals surface area contributed by atoms with Gasteiger partial charge in [0.2, 0.25) is 0 Å². The summed E-state index contributed by atoms with van der Waals surface area (Å²) in [5, 5.41) is 5.38. The third-order valence-corrected chi connectivity index (χ3v) is 40.5. The second kappa shape index (κ2) is 13.9. The Morgan fingerprint density at radius 2 is 0.786 bits per heavy atom. The first-order valence-corrected chi connectivity index (χ1v) is 32.0. The molecule has 0 spiro atoms. The Kier molecular flexibility index (Phi) is 9.02. The van der Waals surface area contributed by atoms with E-state index in [1.165, 1.54) is 91.8 Å². The van der Waals surface area contributed by atoms with Crippen molar-refractivity contribution in [1.82, 2.24) is 9.13 Å². The zero-order chi connectivity index (χ0) is 35.7. The molecule has 2 nitrogen and oxygen atoms in total. The smallest absolute Gasteiger partial charge is 0.147 e. The van der Waals surface area contributed by atoms with Crippen LogP contribution in [-0.2, 0) is 20.1 Å². The van der Waals surface area contributed by atoms with Crippen LogP contribution in [0.4, 0.5) is 0 Å². The molecule has 0 amide bonds. The molecule has 0 N–H and O–H groups in total. The molecule has 0 bridgehead atoms. The number of hydrogen-bond donors (Lipinski definition) is 0. The van der Waals surface area contributed by atoms with Crippen LogP contribution in [-0.4, -0.2) is 14.6 Å². The van der Waals surface area contributed by atoms with E-state index in [9.17, 15) is 0 Å². The topological polar surface area (TPSA) is 9.86 Å². The van der Waals surface area contributed by atoms with Crippen molar-refractivity contribution < 1.29 is 20.1 Å². The minimum Gasteiger partial charge on any atom is -0.147 e. The molecule has 4 aliphatic rings. The zero-order valence-electron chi connectivity index (χ0n) is 31.7. The second-order valence-corrected chi connectivity index (χ2v) is 41.4. The van der Waals surface area contributed by atoms with Gasteiger partial charge in [0.05, 0.1) is 0 Å². The quantitative estimate of drug-likeness (QED) is 0.147. The summed E-state index contributed by atoms with van der Waals surface area (Å²) in [5.74, 6) is 1.51. The fourth-order valence-electron chi connectivity index (χ4n) is 10.6. The van der Waals surface area contributed by atoms with Crippen molar-refractivity contribution in [3.63, 3.8) is 0 Å². The number of fused-ring (bicyclic) bond motifs is 8. The molecule has 6 heteroatoms. The van der Waals surface area contributed by atoms with Gasteiger partial charge in [-0.2, -0.15) is 0 Å². The number of hydrogen-bond acceptors (Lipinski definition) is 0. The molecule has 12 rings (SSSR count). The summed E-state index contributed by atoms with van der Waals surface area (Å²) < 4.78 is 6.48. The van der Waals surface area contributed by atoms with Crippen LogP contribution in [0.3, 0.4) is 0 Å². The Morgan fingerprint density at radius 1 is 0.446 bits per heavy atom. The van der Waals surface area contributed by atoms with Crippen LogP contribution in [0.2, 0.25) is 13.1 Å². The third kappa shape index (κ3) is 5.35. The van der Waals surface area contributed by atoms with E-state index in [1.54, 1.807) is 11.1 Å². The summed E-state index contributed by atoms with van der Waals surface area (Å²) >= 11 is -2.58.